The van der Waals surface area contributed by atoms with Crippen molar-refractivity contribution in [3.05, 3.63) is 75.8 Å². The topological polar surface area (TPSA) is 108 Å². The quantitative estimate of drug-likeness (QED) is 0.624. The molecular formula is C24H23N3O4S. The summed E-state index contributed by atoms with van der Waals surface area (Å²) in [5.41, 5.74) is 3.38. The summed E-state index contributed by atoms with van der Waals surface area (Å²) in [5, 5.41) is 15.7. The molecule has 0 bridgehead atoms. The van der Waals surface area contributed by atoms with Gasteiger partial charge in [-0.15, -0.1) is 0 Å². The number of anilines is 1. The van der Waals surface area contributed by atoms with Crippen molar-refractivity contribution in [2.75, 3.05) is 18.2 Å². The van der Waals surface area contributed by atoms with Gasteiger partial charge in [-0.05, 0) is 41.8 Å². The summed E-state index contributed by atoms with van der Waals surface area (Å²) in [6, 6.07) is 16.4. The van der Waals surface area contributed by atoms with Crippen molar-refractivity contribution in [3.63, 3.8) is 0 Å². The predicted octanol–water partition coefficient (Wildman–Crippen LogP) is 3.75. The second-order valence-electron chi connectivity index (χ2n) is 7.16. The monoisotopic (exact) mass is 449 g/mol. The highest BCUT2D eigenvalue weighted by Crippen LogP contribution is 2.36. The molecule has 8 heteroatoms. The largest absolute Gasteiger partial charge is 0.465 e. The maximum Gasteiger partial charge on any atom is 0.337 e. The molecule has 1 atom stereocenters. The van der Waals surface area contributed by atoms with Crippen LogP contribution in [0.1, 0.15) is 40.7 Å². The number of nitriles is 1. The first-order chi connectivity index (χ1) is 15.4. The summed E-state index contributed by atoms with van der Waals surface area (Å²) in [6.45, 7) is 2.06. The fourth-order valence-corrected chi connectivity index (χ4v) is 4.22. The normalized spacial score (nSPS) is 15.5. The Morgan fingerprint density at radius 1 is 1.19 bits per heavy atom. The molecule has 0 saturated carbocycles. The standard InChI is InChI=1S/C24H23N3O4S/c1-3-15-4-10-18(11-5-15)26-22(29)14-32-23-20(13-25)19(12-21(28)27-23)16-6-8-17(9-7-16)24(30)31-2/h4-11,19H,3,12,14H2,1-2H3,(H,26,29)(H,27,28)/t19-/m1/s1. The fraction of sp³-hybridized carbons (Fsp3) is 0.250. The van der Waals surface area contributed by atoms with Gasteiger partial charge in [0, 0.05) is 18.0 Å². The molecule has 0 unspecified atom stereocenters. The van der Waals surface area contributed by atoms with Gasteiger partial charge in [-0.2, -0.15) is 5.26 Å². The van der Waals surface area contributed by atoms with E-state index in [4.69, 9.17) is 4.74 Å². The van der Waals surface area contributed by atoms with Crippen LogP contribution in [0.25, 0.3) is 0 Å². The SMILES string of the molecule is CCc1ccc(NC(=O)CSC2=C(C#N)[C@@H](c3ccc(C(=O)OC)cc3)CC(=O)N2)cc1. The number of allylic oxidation sites excluding steroid dienone is 1. The molecule has 0 aromatic heterocycles. The molecule has 1 heterocycles. The lowest BCUT2D eigenvalue weighted by atomic mass is 9.87. The van der Waals surface area contributed by atoms with Gasteiger partial charge in [0.2, 0.25) is 11.8 Å². The molecule has 2 aromatic carbocycles. The molecule has 0 spiro atoms. The molecule has 3 rings (SSSR count). The molecular weight excluding hydrogens is 426 g/mol. The third kappa shape index (κ3) is 5.56. The van der Waals surface area contributed by atoms with E-state index in [1.165, 1.54) is 12.7 Å². The molecule has 0 saturated heterocycles. The van der Waals surface area contributed by atoms with Crippen LogP contribution in [0.3, 0.4) is 0 Å². The van der Waals surface area contributed by atoms with Crippen LogP contribution in [0.5, 0.6) is 0 Å². The summed E-state index contributed by atoms with van der Waals surface area (Å²) in [6.07, 6.45) is 1.03. The van der Waals surface area contributed by atoms with Gasteiger partial charge >= 0.3 is 5.97 Å². The fourth-order valence-electron chi connectivity index (χ4n) is 3.35. The summed E-state index contributed by atoms with van der Waals surface area (Å²) >= 11 is 1.12. The van der Waals surface area contributed by atoms with Gasteiger partial charge in [0.1, 0.15) is 0 Å². The van der Waals surface area contributed by atoms with Crippen LogP contribution >= 0.6 is 11.8 Å². The number of ether oxygens (including phenoxy) is 1. The average molecular weight is 450 g/mol. The molecule has 7 nitrogen and oxygen atoms in total. The number of esters is 1. The molecule has 32 heavy (non-hydrogen) atoms. The van der Waals surface area contributed by atoms with Crippen molar-refractivity contribution >= 4 is 35.2 Å². The van der Waals surface area contributed by atoms with E-state index < -0.39 is 11.9 Å². The zero-order valence-electron chi connectivity index (χ0n) is 17.8. The Bertz CT molecular complexity index is 1090. The number of hydrogen-bond donors (Lipinski definition) is 2. The summed E-state index contributed by atoms with van der Waals surface area (Å²) in [5.74, 6) is -1.33. The van der Waals surface area contributed by atoms with E-state index in [9.17, 15) is 19.6 Å². The number of methoxy groups -OCH3 is 1. The predicted molar refractivity (Wildman–Crippen MR) is 123 cm³/mol. The van der Waals surface area contributed by atoms with Crippen LogP contribution in [0.4, 0.5) is 5.69 Å². The lowest BCUT2D eigenvalue weighted by Crippen LogP contribution is -2.31. The molecule has 0 radical (unpaired) electrons. The molecule has 2 amide bonds. The summed E-state index contributed by atoms with van der Waals surface area (Å²) < 4.78 is 4.70. The highest BCUT2D eigenvalue weighted by Gasteiger charge is 2.30. The van der Waals surface area contributed by atoms with E-state index in [0.29, 0.717) is 21.9 Å². The van der Waals surface area contributed by atoms with E-state index in [-0.39, 0.29) is 24.0 Å². The van der Waals surface area contributed by atoms with Gasteiger partial charge in [-0.3, -0.25) is 9.59 Å². The zero-order chi connectivity index (χ0) is 23.1. The number of amides is 2. The Morgan fingerprint density at radius 3 is 2.47 bits per heavy atom. The maximum atomic E-state index is 12.4. The zero-order valence-corrected chi connectivity index (χ0v) is 18.6. The number of carbonyl (C=O) groups excluding carboxylic acids is 3. The highest BCUT2D eigenvalue weighted by molar-refractivity contribution is 8.03. The van der Waals surface area contributed by atoms with E-state index in [0.717, 1.165) is 23.7 Å². The average Bonchev–Trinajstić information content (AvgIpc) is 2.82. The van der Waals surface area contributed by atoms with Crippen molar-refractivity contribution < 1.29 is 19.1 Å². The molecule has 164 valence electrons. The lowest BCUT2D eigenvalue weighted by Gasteiger charge is -2.25. The van der Waals surface area contributed by atoms with Gasteiger partial charge in [0.15, 0.2) is 0 Å². The van der Waals surface area contributed by atoms with Crippen molar-refractivity contribution in [2.24, 2.45) is 0 Å². The lowest BCUT2D eigenvalue weighted by molar-refractivity contribution is -0.121. The van der Waals surface area contributed by atoms with Gasteiger partial charge < -0.3 is 15.4 Å². The van der Waals surface area contributed by atoms with E-state index in [1.54, 1.807) is 24.3 Å². The van der Waals surface area contributed by atoms with Crippen LogP contribution in [0.15, 0.2) is 59.1 Å². The van der Waals surface area contributed by atoms with Crippen LogP contribution in [0.2, 0.25) is 0 Å². The number of rotatable bonds is 7. The van der Waals surface area contributed by atoms with Crippen LogP contribution in [-0.2, 0) is 20.7 Å². The number of hydrogen-bond acceptors (Lipinski definition) is 6. The minimum Gasteiger partial charge on any atom is -0.465 e. The van der Waals surface area contributed by atoms with Gasteiger partial charge in [-0.1, -0.05) is 43.0 Å². The first kappa shape index (κ1) is 23.1. The highest BCUT2D eigenvalue weighted by atomic mass is 32.2. The van der Waals surface area contributed by atoms with Crippen LogP contribution in [-0.4, -0.2) is 30.6 Å². The number of nitrogens with zero attached hydrogens (tertiary/aromatic N) is 1. The number of thioether (sulfide) groups is 1. The first-order valence-electron chi connectivity index (χ1n) is 10.1. The Labute approximate surface area is 190 Å². The second-order valence-corrected chi connectivity index (χ2v) is 8.15. The summed E-state index contributed by atoms with van der Waals surface area (Å²) in [4.78, 5) is 36.3. The van der Waals surface area contributed by atoms with E-state index >= 15 is 0 Å². The van der Waals surface area contributed by atoms with E-state index in [1.807, 2.05) is 24.3 Å². The second kappa shape index (κ2) is 10.6. The molecule has 0 aliphatic carbocycles. The third-order valence-electron chi connectivity index (χ3n) is 5.08. The van der Waals surface area contributed by atoms with Crippen molar-refractivity contribution in [1.82, 2.24) is 5.32 Å². The molecule has 2 N–H and O–H groups in total. The smallest absolute Gasteiger partial charge is 0.337 e. The minimum absolute atomic E-state index is 0.0460. The van der Waals surface area contributed by atoms with Crippen LogP contribution < -0.4 is 10.6 Å². The van der Waals surface area contributed by atoms with E-state index in [2.05, 4.69) is 23.6 Å². The molecule has 0 fully saturated rings. The number of nitrogens with one attached hydrogen (secondary N) is 2. The molecule has 1 aliphatic heterocycles. The van der Waals surface area contributed by atoms with Gasteiger partial charge in [-0.25, -0.2) is 4.79 Å². The van der Waals surface area contributed by atoms with Gasteiger partial charge in [0.05, 0.1) is 35.1 Å². The Balaban J connectivity index is 1.73. The maximum absolute atomic E-state index is 12.4. The van der Waals surface area contributed by atoms with Crippen molar-refractivity contribution in [1.29, 1.82) is 5.26 Å². The Kier molecular flexibility index (Phi) is 7.68. The number of benzene rings is 2. The molecule has 1 aliphatic rings. The Morgan fingerprint density at radius 2 is 1.88 bits per heavy atom. The van der Waals surface area contributed by atoms with Crippen molar-refractivity contribution in [3.8, 4) is 6.07 Å². The van der Waals surface area contributed by atoms with Crippen LogP contribution in [0, 0.1) is 11.3 Å². The van der Waals surface area contributed by atoms with Crippen molar-refractivity contribution in [2.45, 2.75) is 25.7 Å². The number of aryl methyl sites for hydroxylation is 1. The Hall–Kier alpha value is -3.57. The minimum atomic E-state index is -0.458. The number of carbonyl (C=O) groups is 3. The van der Waals surface area contributed by atoms with Gasteiger partial charge in [0.25, 0.3) is 0 Å². The first-order valence-corrected chi connectivity index (χ1v) is 11.1. The summed E-state index contributed by atoms with van der Waals surface area (Å²) in [7, 11) is 1.30. The molecule has 2 aromatic rings. The third-order valence-corrected chi connectivity index (χ3v) is 6.10.